The molecule has 0 spiro atoms. The normalized spacial score (nSPS) is 24.0. The van der Waals surface area contributed by atoms with Gasteiger partial charge >= 0.3 is 5.97 Å². The van der Waals surface area contributed by atoms with E-state index >= 15 is 0 Å². The summed E-state index contributed by atoms with van der Waals surface area (Å²) < 4.78 is 4.84. The molecule has 1 aromatic rings. The van der Waals surface area contributed by atoms with E-state index < -0.39 is 0 Å². The van der Waals surface area contributed by atoms with E-state index in [0.717, 1.165) is 11.8 Å². The minimum absolute atomic E-state index is 0.0954. The summed E-state index contributed by atoms with van der Waals surface area (Å²) >= 11 is 1.71. The van der Waals surface area contributed by atoms with Crippen LogP contribution in [-0.2, 0) is 9.53 Å². The van der Waals surface area contributed by atoms with Crippen molar-refractivity contribution >= 4 is 17.3 Å². The van der Waals surface area contributed by atoms with Crippen molar-refractivity contribution in [3.8, 4) is 0 Å². The van der Waals surface area contributed by atoms with Crippen molar-refractivity contribution in [2.75, 3.05) is 7.11 Å². The molecule has 4 heteroatoms. The van der Waals surface area contributed by atoms with Gasteiger partial charge in [0, 0.05) is 10.9 Å². The fourth-order valence-electron chi connectivity index (χ4n) is 3.22. The van der Waals surface area contributed by atoms with Crippen LogP contribution in [0.3, 0.4) is 0 Å². The summed E-state index contributed by atoms with van der Waals surface area (Å²) in [5, 5.41) is 5.76. The maximum absolute atomic E-state index is 11.6. The van der Waals surface area contributed by atoms with E-state index in [1.165, 1.54) is 37.7 Å². The zero-order chi connectivity index (χ0) is 15.2. The second kappa shape index (κ2) is 7.95. The summed E-state index contributed by atoms with van der Waals surface area (Å²) in [7, 11) is 1.46. The SMILES string of the molecule is COC(=O)CC(NC1CCC(C(C)C)CC1)c1cccs1. The smallest absolute Gasteiger partial charge is 0.307 e. The van der Waals surface area contributed by atoms with E-state index in [1.54, 1.807) is 11.3 Å². The van der Waals surface area contributed by atoms with Crippen molar-refractivity contribution in [1.29, 1.82) is 0 Å². The van der Waals surface area contributed by atoms with E-state index in [4.69, 9.17) is 4.74 Å². The highest BCUT2D eigenvalue weighted by molar-refractivity contribution is 7.10. The molecular weight excluding hydrogens is 282 g/mol. The highest BCUT2D eigenvalue weighted by Gasteiger charge is 2.26. The number of thiophene rings is 1. The van der Waals surface area contributed by atoms with Gasteiger partial charge < -0.3 is 10.1 Å². The van der Waals surface area contributed by atoms with Gasteiger partial charge in [-0.1, -0.05) is 19.9 Å². The Morgan fingerprint density at radius 3 is 2.62 bits per heavy atom. The Labute approximate surface area is 132 Å². The third kappa shape index (κ3) is 4.82. The van der Waals surface area contributed by atoms with Crippen molar-refractivity contribution in [1.82, 2.24) is 5.32 Å². The van der Waals surface area contributed by atoms with Crippen LogP contribution < -0.4 is 5.32 Å². The number of hydrogen-bond donors (Lipinski definition) is 1. The molecule has 0 aliphatic heterocycles. The second-order valence-electron chi connectivity index (χ2n) is 6.37. The predicted octanol–water partition coefficient (Wildman–Crippen LogP) is 4.16. The van der Waals surface area contributed by atoms with Crippen LogP contribution in [0.5, 0.6) is 0 Å². The first-order chi connectivity index (χ1) is 10.1. The molecule has 0 radical (unpaired) electrons. The maximum Gasteiger partial charge on any atom is 0.307 e. The molecule has 0 saturated heterocycles. The average Bonchev–Trinajstić information content (AvgIpc) is 3.01. The predicted molar refractivity (Wildman–Crippen MR) is 87.4 cm³/mol. The van der Waals surface area contributed by atoms with Gasteiger partial charge in [-0.25, -0.2) is 0 Å². The minimum atomic E-state index is -0.142. The molecule has 0 aromatic carbocycles. The highest BCUT2D eigenvalue weighted by atomic mass is 32.1. The number of methoxy groups -OCH3 is 1. The zero-order valence-electron chi connectivity index (χ0n) is 13.3. The lowest BCUT2D eigenvalue weighted by Crippen LogP contribution is -2.37. The molecule has 1 aromatic heterocycles. The maximum atomic E-state index is 11.6. The third-order valence-corrected chi connectivity index (χ3v) is 5.62. The van der Waals surface area contributed by atoms with Crippen molar-refractivity contribution in [2.45, 2.75) is 58.0 Å². The van der Waals surface area contributed by atoms with Gasteiger partial charge in [0.2, 0.25) is 0 Å². The number of carbonyl (C=O) groups excluding carboxylic acids is 1. The Kier molecular flexibility index (Phi) is 6.24. The molecule has 1 N–H and O–H groups in total. The lowest BCUT2D eigenvalue weighted by molar-refractivity contribution is -0.141. The Morgan fingerprint density at radius 2 is 2.10 bits per heavy atom. The number of nitrogens with one attached hydrogen (secondary N) is 1. The van der Waals surface area contributed by atoms with Crippen molar-refractivity contribution in [2.24, 2.45) is 11.8 Å². The lowest BCUT2D eigenvalue weighted by Gasteiger charge is -2.33. The lowest BCUT2D eigenvalue weighted by atomic mass is 9.79. The van der Waals surface area contributed by atoms with E-state index in [2.05, 4.69) is 30.6 Å². The van der Waals surface area contributed by atoms with E-state index in [9.17, 15) is 4.79 Å². The number of carbonyl (C=O) groups is 1. The van der Waals surface area contributed by atoms with E-state index in [0.29, 0.717) is 12.5 Å². The highest BCUT2D eigenvalue weighted by Crippen LogP contribution is 2.32. The van der Waals surface area contributed by atoms with Crippen molar-refractivity contribution in [3.63, 3.8) is 0 Å². The average molecular weight is 309 g/mol. The van der Waals surface area contributed by atoms with E-state index in [-0.39, 0.29) is 12.0 Å². The first-order valence-corrected chi connectivity index (χ1v) is 8.84. The minimum Gasteiger partial charge on any atom is -0.469 e. The molecule has 0 amide bonds. The summed E-state index contributed by atoms with van der Waals surface area (Å²) in [4.78, 5) is 12.9. The van der Waals surface area contributed by atoms with Crippen LogP contribution in [0.2, 0.25) is 0 Å². The quantitative estimate of drug-likeness (QED) is 0.802. The fourth-order valence-corrected chi connectivity index (χ4v) is 4.01. The van der Waals surface area contributed by atoms with Gasteiger partial charge in [-0.15, -0.1) is 11.3 Å². The van der Waals surface area contributed by atoms with Crippen LogP contribution in [0.15, 0.2) is 17.5 Å². The number of hydrogen-bond acceptors (Lipinski definition) is 4. The Balaban J connectivity index is 1.92. The molecule has 1 fully saturated rings. The molecule has 118 valence electrons. The van der Waals surface area contributed by atoms with Gasteiger partial charge in [-0.05, 0) is 49.0 Å². The monoisotopic (exact) mass is 309 g/mol. The Morgan fingerprint density at radius 1 is 1.38 bits per heavy atom. The first-order valence-electron chi connectivity index (χ1n) is 7.96. The summed E-state index contributed by atoms with van der Waals surface area (Å²) in [5.41, 5.74) is 0. The fraction of sp³-hybridized carbons (Fsp3) is 0.706. The number of rotatable bonds is 6. The van der Waals surface area contributed by atoms with Gasteiger partial charge in [-0.3, -0.25) is 4.79 Å². The van der Waals surface area contributed by atoms with Crippen LogP contribution >= 0.6 is 11.3 Å². The van der Waals surface area contributed by atoms with Crippen LogP contribution in [0.25, 0.3) is 0 Å². The standard InChI is InChI=1S/C17H27NO2S/c1-12(2)13-6-8-14(9-7-13)18-15(11-17(19)20-3)16-5-4-10-21-16/h4-5,10,12-15,18H,6-9,11H2,1-3H3. The van der Waals surface area contributed by atoms with Gasteiger partial charge in [0.1, 0.15) is 0 Å². The van der Waals surface area contributed by atoms with E-state index in [1.807, 2.05) is 6.07 Å². The molecule has 3 nitrogen and oxygen atoms in total. The summed E-state index contributed by atoms with van der Waals surface area (Å²) in [5.74, 6) is 1.51. The molecule has 0 bridgehead atoms. The molecular formula is C17H27NO2S. The molecule has 1 aliphatic carbocycles. The third-order valence-electron chi connectivity index (χ3n) is 4.64. The van der Waals surface area contributed by atoms with Gasteiger partial charge in [-0.2, -0.15) is 0 Å². The van der Waals surface area contributed by atoms with Crippen LogP contribution in [-0.4, -0.2) is 19.1 Å². The topological polar surface area (TPSA) is 38.3 Å². The van der Waals surface area contributed by atoms with Crippen molar-refractivity contribution in [3.05, 3.63) is 22.4 Å². The molecule has 1 unspecified atom stereocenters. The second-order valence-corrected chi connectivity index (χ2v) is 7.35. The summed E-state index contributed by atoms with van der Waals surface area (Å²) in [6.07, 6.45) is 5.44. The molecule has 21 heavy (non-hydrogen) atoms. The molecule has 1 aliphatic rings. The van der Waals surface area contributed by atoms with Crippen LogP contribution in [0.1, 0.15) is 56.9 Å². The van der Waals surface area contributed by atoms with Crippen LogP contribution in [0.4, 0.5) is 0 Å². The largest absolute Gasteiger partial charge is 0.469 e. The Bertz CT molecular complexity index is 422. The number of esters is 1. The number of ether oxygens (including phenoxy) is 1. The first kappa shape index (κ1) is 16.5. The molecule has 1 saturated carbocycles. The van der Waals surface area contributed by atoms with Gasteiger partial charge in [0.15, 0.2) is 0 Å². The molecule has 1 atom stereocenters. The van der Waals surface area contributed by atoms with Crippen LogP contribution in [0, 0.1) is 11.8 Å². The van der Waals surface area contributed by atoms with Crippen molar-refractivity contribution < 1.29 is 9.53 Å². The molecule has 1 heterocycles. The van der Waals surface area contributed by atoms with Gasteiger partial charge in [0.05, 0.1) is 19.6 Å². The zero-order valence-corrected chi connectivity index (χ0v) is 14.1. The molecule has 2 rings (SSSR count). The summed E-state index contributed by atoms with van der Waals surface area (Å²) in [6, 6.07) is 4.77. The summed E-state index contributed by atoms with van der Waals surface area (Å²) in [6.45, 7) is 4.65. The Hall–Kier alpha value is -0.870. The van der Waals surface area contributed by atoms with Gasteiger partial charge in [0.25, 0.3) is 0 Å².